The molecule has 0 fully saturated rings. The molecule has 2 heteroatoms. The summed E-state index contributed by atoms with van der Waals surface area (Å²) in [6.45, 7) is 0. The normalized spacial score (nSPS) is 26.4. The Bertz CT molecular complexity index is 662. The summed E-state index contributed by atoms with van der Waals surface area (Å²) in [6, 6.07) is 7.73. The highest BCUT2D eigenvalue weighted by molar-refractivity contribution is 6.00. The van der Waals surface area contributed by atoms with Gasteiger partial charge in [0.05, 0.1) is 0 Å². The van der Waals surface area contributed by atoms with E-state index in [1.807, 2.05) is 37.4 Å². The first kappa shape index (κ1) is 12.7. The van der Waals surface area contributed by atoms with Crippen molar-refractivity contribution < 1.29 is 4.79 Å². The van der Waals surface area contributed by atoms with Crippen molar-refractivity contribution in [1.82, 2.24) is 4.90 Å². The number of benzene rings is 1. The number of carbonyl (C=O) groups is 1. The number of hydrogen-bond acceptors (Lipinski definition) is 1. The summed E-state index contributed by atoms with van der Waals surface area (Å²) in [5.74, 6) is 0.0478. The van der Waals surface area contributed by atoms with Crippen LogP contribution in [0.5, 0.6) is 0 Å². The van der Waals surface area contributed by atoms with E-state index in [1.54, 1.807) is 4.90 Å². The molecule has 0 radical (unpaired) electrons. The van der Waals surface area contributed by atoms with Crippen molar-refractivity contribution in [1.29, 1.82) is 0 Å². The van der Waals surface area contributed by atoms with Gasteiger partial charge in [0.1, 0.15) is 0 Å². The molecular formula is C18H17NO. The van der Waals surface area contributed by atoms with Crippen molar-refractivity contribution in [3.05, 3.63) is 77.0 Å². The van der Waals surface area contributed by atoms with Crippen molar-refractivity contribution in [3.8, 4) is 0 Å². The largest absolute Gasteiger partial charge is 0.311 e. The molecule has 1 aliphatic heterocycles. The third kappa shape index (κ3) is 2.25. The molecule has 0 spiro atoms. The molecule has 3 rings (SSSR count). The Morgan fingerprint density at radius 1 is 1.10 bits per heavy atom. The van der Waals surface area contributed by atoms with Gasteiger partial charge < -0.3 is 4.90 Å². The lowest BCUT2D eigenvalue weighted by Gasteiger charge is -2.25. The predicted octanol–water partition coefficient (Wildman–Crippen LogP) is 3.95. The van der Waals surface area contributed by atoms with E-state index in [-0.39, 0.29) is 5.91 Å². The second-order valence-electron chi connectivity index (χ2n) is 5.00. The van der Waals surface area contributed by atoms with Crippen LogP contribution in [0.4, 0.5) is 0 Å². The predicted molar refractivity (Wildman–Crippen MR) is 82.1 cm³/mol. The molecule has 1 amide bonds. The van der Waals surface area contributed by atoms with Crippen LogP contribution in [0.1, 0.15) is 28.8 Å². The minimum atomic E-state index is 0.0478. The number of rotatable bonds is 0. The van der Waals surface area contributed by atoms with Crippen molar-refractivity contribution in [2.45, 2.75) is 12.8 Å². The number of hydrogen-bond donors (Lipinski definition) is 0. The van der Waals surface area contributed by atoms with Gasteiger partial charge in [-0.05, 0) is 30.0 Å². The van der Waals surface area contributed by atoms with Crippen LogP contribution in [-0.4, -0.2) is 17.9 Å². The minimum absolute atomic E-state index is 0.0478. The molecule has 1 aromatic carbocycles. The number of allylic oxidation sites excluding steroid dienone is 5. The van der Waals surface area contributed by atoms with Crippen LogP contribution in [0.3, 0.4) is 0 Å². The van der Waals surface area contributed by atoms with Crippen LogP contribution in [-0.2, 0) is 0 Å². The third-order valence-corrected chi connectivity index (χ3v) is 3.68. The summed E-state index contributed by atoms with van der Waals surface area (Å²) in [5.41, 5.74) is 3.79. The molecule has 0 atom stereocenters. The summed E-state index contributed by atoms with van der Waals surface area (Å²) in [6.07, 6.45) is 14.5. The zero-order valence-corrected chi connectivity index (χ0v) is 11.5. The lowest BCUT2D eigenvalue weighted by molar-refractivity contribution is 0.0838. The van der Waals surface area contributed by atoms with Gasteiger partial charge in [-0.25, -0.2) is 0 Å². The molecule has 1 heterocycles. The quantitative estimate of drug-likeness (QED) is 0.694. The zero-order chi connectivity index (χ0) is 13.9. The Kier molecular flexibility index (Phi) is 3.38. The average Bonchev–Trinajstić information content (AvgIpc) is 2.44. The van der Waals surface area contributed by atoms with Crippen molar-refractivity contribution in [3.63, 3.8) is 0 Å². The molecule has 1 aliphatic carbocycles. The van der Waals surface area contributed by atoms with Crippen LogP contribution < -0.4 is 0 Å². The maximum absolute atomic E-state index is 12.6. The van der Waals surface area contributed by atoms with E-state index in [0.29, 0.717) is 0 Å². The topological polar surface area (TPSA) is 20.3 Å². The van der Waals surface area contributed by atoms with Gasteiger partial charge in [0.25, 0.3) is 5.91 Å². The van der Waals surface area contributed by atoms with E-state index in [0.717, 1.165) is 35.2 Å². The van der Waals surface area contributed by atoms with Crippen molar-refractivity contribution in [2.75, 3.05) is 7.05 Å². The first-order valence-corrected chi connectivity index (χ1v) is 6.90. The van der Waals surface area contributed by atoms with Crippen LogP contribution >= 0.6 is 0 Å². The molecule has 0 N–H and O–H groups in total. The Morgan fingerprint density at radius 3 is 2.85 bits per heavy atom. The maximum atomic E-state index is 12.6. The first-order valence-electron chi connectivity index (χ1n) is 6.90. The van der Waals surface area contributed by atoms with Gasteiger partial charge in [-0.3, -0.25) is 4.79 Å². The monoisotopic (exact) mass is 263 g/mol. The fourth-order valence-corrected chi connectivity index (χ4v) is 2.57. The Labute approximate surface area is 119 Å². The molecule has 0 bridgehead atoms. The van der Waals surface area contributed by atoms with Gasteiger partial charge in [-0.2, -0.15) is 0 Å². The number of nitrogens with zero attached hydrogens (tertiary/aromatic N) is 1. The lowest BCUT2D eigenvalue weighted by Crippen LogP contribution is -2.28. The number of likely N-dealkylation sites (N-methyl/N-ethyl adjacent to an activating group) is 1. The molecule has 0 saturated heterocycles. The summed E-state index contributed by atoms with van der Waals surface area (Å²) in [5, 5.41) is 0. The first-order chi connectivity index (χ1) is 9.77. The fraction of sp³-hybridized carbons (Fsp3) is 0.167. The van der Waals surface area contributed by atoms with E-state index in [2.05, 4.69) is 30.4 Å². The lowest BCUT2D eigenvalue weighted by atomic mass is 9.98. The zero-order valence-electron chi connectivity index (χ0n) is 11.5. The van der Waals surface area contributed by atoms with Gasteiger partial charge >= 0.3 is 0 Å². The average molecular weight is 263 g/mol. The molecule has 2 aliphatic rings. The number of amides is 1. The highest BCUT2D eigenvalue weighted by Crippen LogP contribution is 2.26. The van der Waals surface area contributed by atoms with E-state index >= 15 is 0 Å². The van der Waals surface area contributed by atoms with Crippen molar-refractivity contribution >= 4 is 12.0 Å². The van der Waals surface area contributed by atoms with Crippen LogP contribution in [0, 0.1) is 0 Å². The van der Waals surface area contributed by atoms with Gasteiger partial charge in [-0.15, -0.1) is 0 Å². The van der Waals surface area contributed by atoms with Gasteiger partial charge in [-0.1, -0.05) is 54.7 Å². The molecule has 0 aromatic heterocycles. The Morgan fingerprint density at radius 2 is 1.95 bits per heavy atom. The summed E-state index contributed by atoms with van der Waals surface area (Å²) in [7, 11) is 1.85. The summed E-state index contributed by atoms with van der Waals surface area (Å²) < 4.78 is 0. The molecule has 100 valence electrons. The third-order valence-electron chi connectivity index (χ3n) is 3.68. The van der Waals surface area contributed by atoms with Crippen LogP contribution in [0.15, 0.2) is 65.9 Å². The van der Waals surface area contributed by atoms with Crippen LogP contribution in [0.2, 0.25) is 0 Å². The summed E-state index contributed by atoms with van der Waals surface area (Å²) >= 11 is 0. The Hall–Kier alpha value is -2.35. The number of fused-ring (bicyclic) bond motifs is 2. The second kappa shape index (κ2) is 5.33. The van der Waals surface area contributed by atoms with Gasteiger partial charge in [0, 0.05) is 18.3 Å². The summed E-state index contributed by atoms with van der Waals surface area (Å²) in [4.78, 5) is 14.4. The highest BCUT2D eigenvalue weighted by Gasteiger charge is 2.21. The van der Waals surface area contributed by atoms with E-state index in [9.17, 15) is 4.79 Å². The molecular weight excluding hydrogens is 246 g/mol. The molecule has 0 unspecified atom stereocenters. The number of carbonyl (C=O) groups excluding carboxylic acids is 1. The van der Waals surface area contributed by atoms with Crippen molar-refractivity contribution in [2.24, 2.45) is 0 Å². The second-order valence-corrected chi connectivity index (χ2v) is 5.00. The molecule has 20 heavy (non-hydrogen) atoms. The molecule has 2 nitrogen and oxygen atoms in total. The Balaban J connectivity index is 2.18. The van der Waals surface area contributed by atoms with Crippen LogP contribution in [0.25, 0.3) is 6.08 Å². The maximum Gasteiger partial charge on any atom is 0.258 e. The van der Waals surface area contributed by atoms with Gasteiger partial charge in [0.15, 0.2) is 0 Å². The fourth-order valence-electron chi connectivity index (χ4n) is 2.57. The van der Waals surface area contributed by atoms with E-state index in [1.165, 1.54) is 0 Å². The standard InChI is InChI=1S/C18H17NO/c1-19-17-11-5-3-2-4-9-15(17)13-12-14-8-6-7-10-16(14)18(19)20/h2,4,6-13H,3,5H2,1H3/b4-2+,13-12+,15-9-,17-11+. The van der Waals surface area contributed by atoms with Gasteiger partial charge in [0.2, 0.25) is 0 Å². The SMILES string of the molecule is CN1C(=O)c2ccccc2/C=C/C2=C/C=C/CC/C=C\21. The molecule has 1 aromatic rings. The highest BCUT2D eigenvalue weighted by atomic mass is 16.2. The van der Waals surface area contributed by atoms with E-state index in [4.69, 9.17) is 0 Å². The minimum Gasteiger partial charge on any atom is -0.311 e. The van der Waals surface area contributed by atoms with E-state index < -0.39 is 0 Å². The molecule has 0 saturated carbocycles. The smallest absolute Gasteiger partial charge is 0.258 e.